The smallest absolute Gasteiger partial charge is 0.263 e. The summed E-state index contributed by atoms with van der Waals surface area (Å²) in [4.78, 5) is 22.6. The molecule has 0 bridgehead atoms. The van der Waals surface area contributed by atoms with Crippen molar-refractivity contribution in [2.24, 2.45) is 0 Å². The Morgan fingerprint density at radius 2 is 1.94 bits per heavy atom. The molecule has 0 radical (unpaired) electrons. The number of aromatic nitrogens is 4. The highest BCUT2D eigenvalue weighted by molar-refractivity contribution is 5.82. The van der Waals surface area contributed by atoms with Crippen molar-refractivity contribution in [2.75, 3.05) is 39.5 Å². The maximum absolute atomic E-state index is 11.5. The van der Waals surface area contributed by atoms with Crippen LogP contribution in [0.2, 0.25) is 0 Å². The maximum atomic E-state index is 11.5. The van der Waals surface area contributed by atoms with Crippen molar-refractivity contribution in [2.45, 2.75) is 6.42 Å². The fraction of sp³-hybridized carbons (Fsp3) is 0.318. The normalized spacial score (nSPS) is 14.2. The minimum atomic E-state index is -0.361. The van der Waals surface area contributed by atoms with Gasteiger partial charge in [-0.05, 0) is 17.7 Å². The zero-order valence-electron chi connectivity index (χ0n) is 17.6. The molecule has 0 spiro atoms. The monoisotopic (exact) mass is 435 g/mol. The van der Waals surface area contributed by atoms with E-state index in [2.05, 4.69) is 20.0 Å². The average molecular weight is 435 g/mol. The highest BCUT2D eigenvalue weighted by atomic mass is 16.5. The first kappa shape index (κ1) is 21.6. The number of hydrogen-bond acceptors (Lipinski definition) is 8. The van der Waals surface area contributed by atoms with Crippen LogP contribution in [0.25, 0.3) is 11.4 Å². The predicted molar refractivity (Wildman–Crippen MR) is 118 cm³/mol. The summed E-state index contributed by atoms with van der Waals surface area (Å²) in [6.07, 6.45) is 3.56. The maximum Gasteiger partial charge on any atom is 0.263 e. The molecule has 1 fully saturated rings. The molecule has 2 aromatic heterocycles. The largest absolute Gasteiger partial charge is 0.489 e. The van der Waals surface area contributed by atoms with Crippen LogP contribution in [0.1, 0.15) is 5.56 Å². The summed E-state index contributed by atoms with van der Waals surface area (Å²) in [5.74, 6) is 1.27. The third-order valence-corrected chi connectivity index (χ3v) is 5.09. The van der Waals surface area contributed by atoms with Crippen LogP contribution in [0.15, 0.2) is 53.6 Å². The topological polar surface area (TPSA) is 133 Å². The van der Waals surface area contributed by atoms with Gasteiger partial charge in [-0.2, -0.15) is 0 Å². The third kappa shape index (κ3) is 5.54. The van der Waals surface area contributed by atoms with Crippen LogP contribution in [-0.2, 0) is 11.2 Å². The number of ether oxygens (including phenoxy) is 2. The van der Waals surface area contributed by atoms with E-state index in [0.29, 0.717) is 18.2 Å². The SMILES string of the molecule is N=C(Cc1cccc(-c2ncc(OCCN3CCOCC3)cn2)c1)n1[nH]c(=O)ccc1=N. The Hall–Kier alpha value is -3.63. The quantitative estimate of drug-likeness (QED) is 0.373. The lowest BCUT2D eigenvalue weighted by Gasteiger charge is -2.26. The van der Waals surface area contributed by atoms with Gasteiger partial charge >= 0.3 is 0 Å². The second-order valence-electron chi connectivity index (χ2n) is 7.40. The number of rotatable bonds is 7. The van der Waals surface area contributed by atoms with E-state index in [1.165, 1.54) is 12.1 Å². The number of benzene rings is 1. The molecule has 1 saturated heterocycles. The molecule has 32 heavy (non-hydrogen) atoms. The lowest BCUT2D eigenvalue weighted by atomic mass is 10.1. The van der Waals surface area contributed by atoms with Gasteiger partial charge in [-0.1, -0.05) is 18.2 Å². The molecular formula is C22H25N7O3. The molecule has 10 nitrogen and oxygen atoms in total. The van der Waals surface area contributed by atoms with Crippen molar-refractivity contribution in [3.8, 4) is 17.1 Å². The number of morpholine rings is 1. The minimum Gasteiger partial charge on any atom is -0.489 e. The van der Waals surface area contributed by atoms with Gasteiger partial charge < -0.3 is 9.47 Å². The Kier molecular flexibility index (Phi) is 6.83. The molecule has 0 aliphatic carbocycles. The highest BCUT2D eigenvalue weighted by Crippen LogP contribution is 2.18. The van der Waals surface area contributed by atoms with Gasteiger partial charge in [0.1, 0.15) is 17.9 Å². The molecule has 0 unspecified atom stereocenters. The molecule has 166 valence electrons. The van der Waals surface area contributed by atoms with Crippen LogP contribution in [0.3, 0.4) is 0 Å². The molecular weight excluding hydrogens is 410 g/mol. The first-order valence-corrected chi connectivity index (χ1v) is 10.4. The molecule has 3 aromatic rings. The number of hydrogen-bond donors (Lipinski definition) is 3. The number of nitrogens with zero attached hydrogens (tertiary/aromatic N) is 4. The van der Waals surface area contributed by atoms with Crippen molar-refractivity contribution in [1.82, 2.24) is 24.6 Å². The fourth-order valence-electron chi connectivity index (χ4n) is 3.40. The Morgan fingerprint density at radius 1 is 1.16 bits per heavy atom. The molecule has 4 rings (SSSR count). The van der Waals surface area contributed by atoms with E-state index < -0.39 is 0 Å². The number of nitrogens with one attached hydrogen (secondary N) is 3. The summed E-state index contributed by atoms with van der Waals surface area (Å²) >= 11 is 0. The van der Waals surface area contributed by atoms with Crippen LogP contribution < -0.4 is 15.8 Å². The lowest BCUT2D eigenvalue weighted by molar-refractivity contribution is 0.0322. The molecule has 1 aliphatic rings. The molecule has 0 saturated carbocycles. The molecule has 3 heterocycles. The van der Waals surface area contributed by atoms with Crippen molar-refractivity contribution < 1.29 is 9.47 Å². The molecule has 1 aromatic carbocycles. The van der Waals surface area contributed by atoms with E-state index in [4.69, 9.17) is 20.3 Å². The zero-order valence-corrected chi connectivity index (χ0v) is 17.6. The Balaban J connectivity index is 1.38. The fourth-order valence-corrected chi connectivity index (χ4v) is 3.40. The van der Waals surface area contributed by atoms with Gasteiger partial charge in [0.25, 0.3) is 5.56 Å². The van der Waals surface area contributed by atoms with E-state index in [0.717, 1.165) is 48.7 Å². The van der Waals surface area contributed by atoms with Crippen LogP contribution in [0.5, 0.6) is 5.75 Å². The molecule has 0 amide bonds. The Bertz CT molecular complexity index is 1180. The summed E-state index contributed by atoms with van der Waals surface area (Å²) in [5, 5.41) is 18.6. The lowest BCUT2D eigenvalue weighted by Crippen LogP contribution is -2.38. The van der Waals surface area contributed by atoms with E-state index in [1.807, 2.05) is 24.3 Å². The molecule has 1 aliphatic heterocycles. The van der Waals surface area contributed by atoms with Gasteiger partial charge in [0, 0.05) is 37.7 Å². The first-order valence-electron chi connectivity index (χ1n) is 10.4. The van der Waals surface area contributed by atoms with Crippen LogP contribution in [-0.4, -0.2) is 69.9 Å². The van der Waals surface area contributed by atoms with Gasteiger partial charge in [0.2, 0.25) is 0 Å². The standard InChI is InChI=1S/C22H25N7O3/c23-19-4-5-21(30)27-29(19)20(24)13-16-2-1-3-17(12-16)22-25-14-18(15-26-22)32-11-8-28-6-9-31-10-7-28/h1-5,12,14-15,23-24H,6-11,13H2,(H,27,30). The van der Waals surface area contributed by atoms with Crippen molar-refractivity contribution in [1.29, 1.82) is 10.8 Å². The molecule has 0 atom stereocenters. The van der Waals surface area contributed by atoms with E-state index >= 15 is 0 Å². The molecule has 3 N–H and O–H groups in total. The third-order valence-electron chi connectivity index (χ3n) is 5.09. The number of aromatic amines is 1. The van der Waals surface area contributed by atoms with Crippen LogP contribution >= 0.6 is 0 Å². The van der Waals surface area contributed by atoms with Crippen molar-refractivity contribution in [3.63, 3.8) is 0 Å². The zero-order chi connectivity index (χ0) is 22.3. The van der Waals surface area contributed by atoms with Gasteiger partial charge in [-0.15, -0.1) is 0 Å². The summed E-state index contributed by atoms with van der Waals surface area (Å²) < 4.78 is 12.3. The van der Waals surface area contributed by atoms with Gasteiger partial charge in [-0.25, -0.2) is 14.6 Å². The van der Waals surface area contributed by atoms with E-state index in [9.17, 15) is 4.79 Å². The number of H-pyrrole nitrogens is 1. The summed E-state index contributed by atoms with van der Waals surface area (Å²) in [5.41, 5.74) is 1.34. The average Bonchev–Trinajstić information content (AvgIpc) is 2.82. The Morgan fingerprint density at radius 3 is 2.72 bits per heavy atom. The van der Waals surface area contributed by atoms with Crippen LogP contribution in [0, 0.1) is 10.8 Å². The van der Waals surface area contributed by atoms with Gasteiger partial charge in [-0.3, -0.25) is 25.6 Å². The summed E-state index contributed by atoms with van der Waals surface area (Å²) in [7, 11) is 0. The second kappa shape index (κ2) is 10.1. The predicted octanol–water partition coefficient (Wildman–Crippen LogP) is 0.892. The minimum absolute atomic E-state index is 0.0401. The van der Waals surface area contributed by atoms with E-state index in [-0.39, 0.29) is 23.3 Å². The first-order chi connectivity index (χ1) is 15.6. The van der Waals surface area contributed by atoms with Crippen molar-refractivity contribution >= 4 is 5.84 Å². The Labute approximate surface area is 184 Å². The van der Waals surface area contributed by atoms with Gasteiger partial charge in [0.05, 0.1) is 25.6 Å². The van der Waals surface area contributed by atoms with E-state index in [1.54, 1.807) is 12.4 Å². The van der Waals surface area contributed by atoms with Crippen molar-refractivity contribution in [3.05, 3.63) is 70.2 Å². The highest BCUT2D eigenvalue weighted by Gasteiger charge is 2.10. The van der Waals surface area contributed by atoms with Crippen LogP contribution in [0.4, 0.5) is 0 Å². The van der Waals surface area contributed by atoms with Gasteiger partial charge in [0.15, 0.2) is 11.6 Å². The summed E-state index contributed by atoms with van der Waals surface area (Å²) in [6, 6.07) is 10.2. The second-order valence-corrected chi connectivity index (χ2v) is 7.40. The molecule has 10 heteroatoms. The summed E-state index contributed by atoms with van der Waals surface area (Å²) in [6.45, 7) is 4.79.